The Kier molecular flexibility index (Phi) is 10.1. The van der Waals surface area contributed by atoms with Gasteiger partial charge in [0.1, 0.15) is 5.60 Å². The quantitative estimate of drug-likeness (QED) is 0.327. The second-order valence-corrected chi connectivity index (χ2v) is 7.88. The Morgan fingerprint density at radius 3 is 2.68 bits per heavy atom. The number of alkyl carbamates (subject to hydrolysis) is 1. The maximum absolute atomic E-state index is 12.3. The van der Waals surface area contributed by atoms with Gasteiger partial charge in [0.05, 0.1) is 6.04 Å². The van der Waals surface area contributed by atoms with E-state index in [0.29, 0.717) is 31.2 Å². The first-order chi connectivity index (χ1) is 13.9. The van der Waals surface area contributed by atoms with Gasteiger partial charge in [-0.1, -0.05) is 0 Å². The zero-order chi connectivity index (χ0) is 22.4. The van der Waals surface area contributed by atoms with Crippen LogP contribution in [0, 0.1) is 0 Å². The second-order valence-electron chi connectivity index (χ2n) is 7.88. The van der Waals surface area contributed by atoms with E-state index in [1.807, 2.05) is 4.90 Å². The fourth-order valence-corrected chi connectivity index (χ4v) is 2.85. The first-order valence-corrected chi connectivity index (χ1v) is 9.55. The molecule has 2 N–H and O–H groups in total. The van der Waals surface area contributed by atoms with Crippen molar-refractivity contribution in [2.45, 2.75) is 51.6 Å². The number of amides is 1. The van der Waals surface area contributed by atoms with Crippen LogP contribution < -0.4 is 15.4 Å². The van der Waals surface area contributed by atoms with Gasteiger partial charge in [0.15, 0.2) is 12.6 Å². The lowest BCUT2D eigenvalue weighted by Crippen LogP contribution is -2.44. The Bertz CT molecular complexity index is 756. The molecule has 1 aromatic heterocycles. The number of carbonyl (C=O) groups is 1. The molecule has 1 unspecified atom stereocenters. The fraction of sp³-hybridized carbons (Fsp3) is 0.632. The molecule has 1 aromatic rings. The lowest BCUT2D eigenvalue weighted by Gasteiger charge is -2.23. The Hall–Kier alpha value is -1.99. The van der Waals surface area contributed by atoms with Crippen LogP contribution in [-0.2, 0) is 11.3 Å². The van der Waals surface area contributed by atoms with E-state index in [4.69, 9.17) is 4.74 Å². The monoisotopic (exact) mass is 559 g/mol. The van der Waals surface area contributed by atoms with Gasteiger partial charge in [0, 0.05) is 38.9 Å². The van der Waals surface area contributed by atoms with E-state index in [1.165, 1.54) is 12.3 Å². The number of pyridine rings is 1. The van der Waals surface area contributed by atoms with Gasteiger partial charge in [0.2, 0.25) is 5.88 Å². The number of halogens is 4. The molecule has 2 rings (SSSR count). The summed E-state index contributed by atoms with van der Waals surface area (Å²) in [4.78, 5) is 22.0. The minimum absolute atomic E-state index is 0. The molecule has 0 saturated carbocycles. The van der Waals surface area contributed by atoms with E-state index >= 15 is 0 Å². The number of carbonyl (C=O) groups excluding carboxylic acids is 1. The number of guanidine groups is 1. The van der Waals surface area contributed by atoms with Gasteiger partial charge in [0.25, 0.3) is 0 Å². The summed E-state index contributed by atoms with van der Waals surface area (Å²) in [5.41, 5.74) is 0.138. The molecular formula is C19H29F3IN5O3. The summed E-state index contributed by atoms with van der Waals surface area (Å²) in [6, 6.07) is 3.06. The number of nitrogens with one attached hydrogen (secondary N) is 2. The van der Waals surface area contributed by atoms with Gasteiger partial charge >= 0.3 is 12.3 Å². The molecule has 1 fully saturated rings. The summed E-state index contributed by atoms with van der Waals surface area (Å²) < 4.78 is 46.8. The topological polar surface area (TPSA) is 88.1 Å². The van der Waals surface area contributed by atoms with Crippen molar-refractivity contribution in [3.63, 3.8) is 0 Å². The number of ether oxygens (including phenoxy) is 2. The van der Waals surface area contributed by atoms with Gasteiger partial charge < -0.3 is 25.0 Å². The van der Waals surface area contributed by atoms with E-state index in [1.54, 1.807) is 33.9 Å². The number of alkyl halides is 3. The zero-order valence-corrected chi connectivity index (χ0v) is 20.3. The molecule has 1 amide bonds. The smallest absolute Gasteiger partial charge is 0.422 e. The van der Waals surface area contributed by atoms with Crippen LogP contribution >= 0.6 is 24.0 Å². The molecule has 8 nitrogen and oxygen atoms in total. The highest BCUT2D eigenvalue weighted by Crippen LogP contribution is 2.18. The molecule has 1 aliphatic heterocycles. The van der Waals surface area contributed by atoms with Crippen LogP contribution in [0.15, 0.2) is 23.3 Å². The number of aromatic nitrogens is 1. The lowest BCUT2D eigenvalue weighted by atomic mass is 10.2. The third kappa shape index (κ3) is 10.2. The van der Waals surface area contributed by atoms with Crippen molar-refractivity contribution in [1.82, 2.24) is 20.5 Å². The summed E-state index contributed by atoms with van der Waals surface area (Å²) in [6.45, 7) is 5.61. The van der Waals surface area contributed by atoms with Gasteiger partial charge in [-0.25, -0.2) is 9.78 Å². The minimum atomic E-state index is -4.42. The van der Waals surface area contributed by atoms with E-state index in [2.05, 4.69) is 25.3 Å². The Morgan fingerprint density at radius 1 is 1.35 bits per heavy atom. The molecule has 176 valence electrons. The molecule has 1 atom stereocenters. The number of rotatable bonds is 5. The van der Waals surface area contributed by atoms with Crippen molar-refractivity contribution in [2.75, 3.05) is 26.7 Å². The van der Waals surface area contributed by atoms with Crippen molar-refractivity contribution in [3.05, 3.63) is 23.9 Å². The molecule has 0 aliphatic carbocycles. The molecule has 12 heteroatoms. The molecule has 2 heterocycles. The predicted octanol–water partition coefficient (Wildman–Crippen LogP) is 3.32. The number of aliphatic imine (C=N–C) groups is 1. The molecule has 1 aliphatic rings. The van der Waals surface area contributed by atoms with E-state index in [9.17, 15) is 18.0 Å². The third-order valence-corrected chi connectivity index (χ3v) is 4.05. The van der Waals surface area contributed by atoms with E-state index in [0.717, 1.165) is 6.42 Å². The molecule has 0 spiro atoms. The minimum Gasteiger partial charge on any atom is -0.468 e. The average Bonchev–Trinajstić information content (AvgIpc) is 3.07. The highest BCUT2D eigenvalue weighted by Gasteiger charge is 2.29. The van der Waals surface area contributed by atoms with Crippen LogP contribution in [0.2, 0.25) is 0 Å². The van der Waals surface area contributed by atoms with Crippen LogP contribution in [0.1, 0.15) is 32.8 Å². The normalized spacial score (nSPS) is 17.1. The van der Waals surface area contributed by atoms with Gasteiger partial charge in [-0.3, -0.25) is 4.99 Å². The fourth-order valence-electron chi connectivity index (χ4n) is 2.85. The van der Waals surface area contributed by atoms with E-state index < -0.39 is 24.5 Å². The number of hydrogen-bond donors (Lipinski definition) is 2. The zero-order valence-electron chi connectivity index (χ0n) is 18.0. The third-order valence-electron chi connectivity index (χ3n) is 4.05. The first kappa shape index (κ1) is 27.0. The summed E-state index contributed by atoms with van der Waals surface area (Å²) in [7, 11) is 1.64. The molecule has 0 radical (unpaired) electrons. The van der Waals surface area contributed by atoms with Crippen LogP contribution in [0.5, 0.6) is 5.88 Å². The predicted molar refractivity (Wildman–Crippen MR) is 121 cm³/mol. The highest BCUT2D eigenvalue weighted by atomic mass is 127. The largest absolute Gasteiger partial charge is 0.468 e. The van der Waals surface area contributed by atoms with Crippen molar-refractivity contribution in [1.29, 1.82) is 0 Å². The Labute approximate surface area is 197 Å². The average molecular weight is 559 g/mol. The summed E-state index contributed by atoms with van der Waals surface area (Å²) in [5, 5.41) is 6.02. The number of nitrogens with zero attached hydrogens (tertiary/aromatic N) is 3. The van der Waals surface area contributed by atoms with Gasteiger partial charge in [-0.05, 0) is 38.8 Å². The van der Waals surface area contributed by atoms with Crippen molar-refractivity contribution < 1.29 is 27.4 Å². The SMILES string of the molecule is CN=C(NCc1ccnc(OCC(F)(F)F)c1)N1CCC(NC(=O)OC(C)(C)C)C1.I. The molecule has 31 heavy (non-hydrogen) atoms. The maximum atomic E-state index is 12.3. The number of hydrogen-bond acceptors (Lipinski definition) is 5. The van der Waals surface area contributed by atoms with Crippen LogP contribution in [0.4, 0.5) is 18.0 Å². The summed E-state index contributed by atoms with van der Waals surface area (Å²) in [6.07, 6.45) is -2.75. The standard InChI is InChI=1S/C19H28F3N5O3.HI/c1-18(2,3)30-17(28)26-14-6-8-27(11-14)16(23-4)25-10-13-5-7-24-15(9-13)29-12-19(20,21)22;/h5,7,9,14H,6,8,10-12H2,1-4H3,(H,23,25)(H,26,28);1H. The summed E-state index contributed by atoms with van der Waals surface area (Å²) >= 11 is 0. The number of likely N-dealkylation sites (tertiary alicyclic amines) is 1. The summed E-state index contributed by atoms with van der Waals surface area (Å²) in [5.74, 6) is 0.530. The van der Waals surface area contributed by atoms with Crippen molar-refractivity contribution >= 4 is 36.0 Å². The molecule has 0 bridgehead atoms. The van der Waals surface area contributed by atoms with Crippen LogP contribution in [0.3, 0.4) is 0 Å². The van der Waals surface area contributed by atoms with Crippen LogP contribution in [0.25, 0.3) is 0 Å². The Balaban J connectivity index is 0.00000480. The van der Waals surface area contributed by atoms with Gasteiger partial charge in [-0.2, -0.15) is 13.2 Å². The molecular weight excluding hydrogens is 530 g/mol. The van der Waals surface area contributed by atoms with Crippen molar-refractivity contribution in [3.8, 4) is 5.88 Å². The first-order valence-electron chi connectivity index (χ1n) is 9.55. The highest BCUT2D eigenvalue weighted by molar-refractivity contribution is 14.0. The Morgan fingerprint density at radius 2 is 2.06 bits per heavy atom. The van der Waals surface area contributed by atoms with Crippen LogP contribution in [-0.4, -0.2) is 66.5 Å². The van der Waals surface area contributed by atoms with Gasteiger partial charge in [-0.15, -0.1) is 24.0 Å². The lowest BCUT2D eigenvalue weighted by molar-refractivity contribution is -0.154. The molecule has 1 saturated heterocycles. The second kappa shape index (κ2) is 11.6. The van der Waals surface area contributed by atoms with Crippen molar-refractivity contribution in [2.24, 2.45) is 4.99 Å². The maximum Gasteiger partial charge on any atom is 0.422 e. The molecule has 0 aromatic carbocycles. The van der Waals surface area contributed by atoms with E-state index in [-0.39, 0.29) is 35.9 Å².